The minimum absolute atomic E-state index is 0.0846. The van der Waals surface area contributed by atoms with Crippen LogP contribution in [0.15, 0.2) is 22.7 Å². The van der Waals surface area contributed by atoms with Crippen molar-refractivity contribution in [3.8, 4) is 5.75 Å². The molecule has 1 aromatic rings. The molecule has 1 aromatic carbocycles. The van der Waals surface area contributed by atoms with E-state index in [4.69, 9.17) is 9.84 Å². The number of methoxy groups -OCH3 is 1. The summed E-state index contributed by atoms with van der Waals surface area (Å²) in [6.07, 6.45) is 0.593. The van der Waals surface area contributed by atoms with Gasteiger partial charge in [0.2, 0.25) is 0 Å². The molecular formula is C13H17BrN2O3. The first-order valence-corrected chi connectivity index (χ1v) is 6.94. The lowest BCUT2D eigenvalue weighted by Crippen LogP contribution is -2.29. The number of halogens is 1. The van der Waals surface area contributed by atoms with Gasteiger partial charge < -0.3 is 20.1 Å². The molecule has 0 aliphatic carbocycles. The van der Waals surface area contributed by atoms with E-state index in [1.807, 2.05) is 18.2 Å². The van der Waals surface area contributed by atoms with Crippen LogP contribution in [-0.4, -0.2) is 42.8 Å². The second-order valence-corrected chi connectivity index (χ2v) is 5.33. The maximum absolute atomic E-state index is 11.8. The Balaban J connectivity index is 2.15. The van der Waals surface area contributed by atoms with Crippen molar-refractivity contribution in [2.75, 3.05) is 26.8 Å². The van der Waals surface area contributed by atoms with E-state index in [9.17, 15) is 4.79 Å². The van der Waals surface area contributed by atoms with E-state index in [2.05, 4.69) is 21.2 Å². The molecule has 1 saturated heterocycles. The molecule has 2 rings (SSSR count). The maximum Gasteiger partial charge on any atom is 0.318 e. The number of hydrogen-bond acceptors (Lipinski definition) is 3. The highest BCUT2D eigenvalue weighted by Crippen LogP contribution is 2.31. The van der Waals surface area contributed by atoms with Gasteiger partial charge in [0.25, 0.3) is 0 Å². The van der Waals surface area contributed by atoms with E-state index >= 15 is 0 Å². The highest BCUT2D eigenvalue weighted by atomic mass is 79.9. The van der Waals surface area contributed by atoms with E-state index in [0.717, 1.165) is 15.8 Å². The number of aliphatic hydroxyl groups excluding tert-OH is 1. The summed E-state index contributed by atoms with van der Waals surface area (Å²) in [6, 6.07) is 5.56. The Hall–Kier alpha value is -1.27. The Bertz CT molecular complexity index is 467. The molecule has 0 aromatic heterocycles. The summed E-state index contributed by atoms with van der Waals surface area (Å²) in [6.45, 7) is 1.25. The Morgan fingerprint density at radius 2 is 2.37 bits per heavy atom. The highest BCUT2D eigenvalue weighted by Gasteiger charge is 2.31. The van der Waals surface area contributed by atoms with Gasteiger partial charge in [-0.3, -0.25) is 0 Å². The minimum atomic E-state index is -0.0968. The standard InChI is InChI=1S/C13H17BrN2O3/c1-19-12-4-3-9(14)7-10(12)11-8-16(5-2-6-17)13(18)15-11/h3-4,7,11,17H,2,5-6,8H2,1H3,(H,15,18). The van der Waals surface area contributed by atoms with Crippen LogP contribution in [0.2, 0.25) is 0 Å². The molecule has 2 amide bonds. The molecule has 1 atom stereocenters. The zero-order valence-electron chi connectivity index (χ0n) is 10.7. The first kappa shape index (κ1) is 14.1. The quantitative estimate of drug-likeness (QED) is 0.867. The summed E-state index contributed by atoms with van der Waals surface area (Å²) < 4.78 is 6.28. The molecule has 0 bridgehead atoms. The average molecular weight is 329 g/mol. The molecule has 0 saturated carbocycles. The number of aliphatic hydroxyl groups is 1. The summed E-state index contributed by atoms with van der Waals surface area (Å²) in [7, 11) is 1.62. The van der Waals surface area contributed by atoms with Crippen molar-refractivity contribution < 1.29 is 14.6 Å². The third-order valence-corrected chi connectivity index (χ3v) is 3.63. The van der Waals surface area contributed by atoms with Crippen molar-refractivity contribution in [1.82, 2.24) is 10.2 Å². The Morgan fingerprint density at radius 3 is 3.05 bits per heavy atom. The zero-order valence-corrected chi connectivity index (χ0v) is 12.3. The van der Waals surface area contributed by atoms with E-state index in [-0.39, 0.29) is 18.7 Å². The summed E-state index contributed by atoms with van der Waals surface area (Å²) in [5.41, 5.74) is 0.955. The number of amides is 2. The number of nitrogens with zero attached hydrogens (tertiary/aromatic N) is 1. The monoisotopic (exact) mass is 328 g/mol. The maximum atomic E-state index is 11.8. The fourth-order valence-corrected chi connectivity index (χ4v) is 2.58. The van der Waals surface area contributed by atoms with Crippen LogP contribution in [0.4, 0.5) is 4.79 Å². The SMILES string of the molecule is COc1ccc(Br)cc1C1CN(CCCO)C(=O)N1. The van der Waals surface area contributed by atoms with Gasteiger partial charge in [-0.2, -0.15) is 0 Å². The van der Waals surface area contributed by atoms with Crippen LogP contribution in [0.1, 0.15) is 18.0 Å². The molecule has 19 heavy (non-hydrogen) atoms. The van der Waals surface area contributed by atoms with Crippen LogP contribution in [0.5, 0.6) is 5.75 Å². The van der Waals surface area contributed by atoms with Gasteiger partial charge in [-0.25, -0.2) is 4.79 Å². The number of rotatable bonds is 5. The van der Waals surface area contributed by atoms with Crippen LogP contribution in [-0.2, 0) is 0 Å². The smallest absolute Gasteiger partial charge is 0.318 e. The topological polar surface area (TPSA) is 61.8 Å². The number of urea groups is 1. The van der Waals surface area contributed by atoms with E-state index < -0.39 is 0 Å². The molecule has 2 N–H and O–H groups in total. The summed E-state index contributed by atoms with van der Waals surface area (Å²) >= 11 is 3.43. The highest BCUT2D eigenvalue weighted by molar-refractivity contribution is 9.10. The number of carbonyl (C=O) groups is 1. The lowest BCUT2D eigenvalue weighted by Gasteiger charge is -2.16. The van der Waals surface area contributed by atoms with Crippen LogP contribution in [0.3, 0.4) is 0 Å². The second kappa shape index (κ2) is 6.25. The predicted molar refractivity (Wildman–Crippen MR) is 75.2 cm³/mol. The van der Waals surface area contributed by atoms with Gasteiger partial charge in [0.1, 0.15) is 5.75 Å². The second-order valence-electron chi connectivity index (χ2n) is 4.41. The molecule has 1 heterocycles. The molecule has 1 unspecified atom stereocenters. The number of benzene rings is 1. The van der Waals surface area contributed by atoms with Gasteiger partial charge in [-0.15, -0.1) is 0 Å². The fraction of sp³-hybridized carbons (Fsp3) is 0.462. The van der Waals surface area contributed by atoms with Gasteiger partial charge in [0.05, 0.1) is 13.2 Å². The molecule has 104 valence electrons. The zero-order chi connectivity index (χ0) is 13.8. The lowest BCUT2D eigenvalue weighted by molar-refractivity contribution is 0.209. The van der Waals surface area contributed by atoms with Crippen molar-refractivity contribution in [2.24, 2.45) is 0 Å². The third kappa shape index (κ3) is 3.19. The predicted octanol–water partition coefficient (Wildman–Crippen LogP) is 1.91. The van der Waals surface area contributed by atoms with Crippen LogP contribution >= 0.6 is 15.9 Å². The molecule has 1 fully saturated rings. The number of carbonyl (C=O) groups excluding carboxylic acids is 1. The molecule has 0 spiro atoms. The molecule has 6 heteroatoms. The minimum Gasteiger partial charge on any atom is -0.496 e. The Kier molecular flexibility index (Phi) is 4.66. The van der Waals surface area contributed by atoms with E-state index in [1.54, 1.807) is 12.0 Å². The molecule has 0 radical (unpaired) electrons. The van der Waals surface area contributed by atoms with Gasteiger partial charge in [-0.05, 0) is 24.6 Å². The third-order valence-electron chi connectivity index (χ3n) is 3.14. The molecule has 1 aliphatic heterocycles. The van der Waals surface area contributed by atoms with Gasteiger partial charge in [0, 0.05) is 29.7 Å². The van der Waals surface area contributed by atoms with Gasteiger partial charge >= 0.3 is 6.03 Å². The van der Waals surface area contributed by atoms with Crippen LogP contribution in [0, 0.1) is 0 Å². The van der Waals surface area contributed by atoms with Gasteiger partial charge in [-0.1, -0.05) is 15.9 Å². The van der Waals surface area contributed by atoms with E-state index in [1.165, 1.54) is 0 Å². The molecule has 1 aliphatic rings. The van der Waals surface area contributed by atoms with Crippen LogP contribution in [0.25, 0.3) is 0 Å². The van der Waals surface area contributed by atoms with E-state index in [0.29, 0.717) is 19.5 Å². The van der Waals surface area contributed by atoms with Crippen molar-refractivity contribution in [3.63, 3.8) is 0 Å². The van der Waals surface area contributed by atoms with Crippen molar-refractivity contribution >= 4 is 22.0 Å². The first-order chi connectivity index (χ1) is 9.15. The lowest BCUT2D eigenvalue weighted by atomic mass is 10.1. The summed E-state index contributed by atoms with van der Waals surface area (Å²) in [5.74, 6) is 0.762. The Labute approximate surface area is 120 Å². The normalized spacial score (nSPS) is 18.6. The summed E-state index contributed by atoms with van der Waals surface area (Å²) in [4.78, 5) is 13.5. The fourth-order valence-electron chi connectivity index (χ4n) is 2.20. The van der Waals surface area contributed by atoms with Gasteiger partial charge in [0.15, 0.2) is 0 Å². The average Bonchev–Trinajstić information content (AvgIpc) is 2.77. The number of nitrogens with one attached hydrogen (secondary N) is 1. The largest absolute Gasteiger partial charge is 0.496 e. The number of ether oxygens (including phenoxy) is 1. The van der Waals surface area contributed by atoms with Crippen molar-refractivity contribution in [2.45, 2.75) is 12.5 Å². The summed E-state index contributed by atoms with van der Waals surface area (Å²) in [5, 5.41) is 11.8. The Morgan fingerprint density at radius 1 is 1.58 bits per heavy atom. The number of hydrogen-bond donors (Lipinski definition) is 2. The molecule has 5 nitrogen and oxygen atoms in total. The van der Waals surface area contributed by atoms with Crippen LogP contribution < -0.4 is 10.1 Å². The van der Waals surface area contributed by atoms with Crippen molar-refractivity contribution in [1.29, 1.82) is 0 Å². The van der Waals surface area contributed by atoms with Crippen molar-refractivity contribution in [3.05, 3.63) is 28.2 Å². The molecular weight excluding hydrogens is 312 g/mol. The first-order valence-electron chi connectivity index (χ1n) is 6.15.